The van der Waals surface area contributed by atoms with Crippen LogP contribution in [-0.4, -0.2) is 35.6 Å². The molecule has 1 aliphatic rings. The summed E-state index contributed by atoms with van der Waals surface area (Å²) in [6.07, 6.45) is 0.665. The highest BCUT2D eigenvalue weighted by atomic mass is 35.5. The summed E-state index contributed by atoms with van der Waals surface area (Å²) >= 11 is 0. The molecule has 6 heteroatoms. The third-order valence-corrected chi connectivity index (χ3v) is 4.73. The quantitative estimate of drug-likeness (QED) is 0.921. The molecule has 1 fully saturated rings. The van der Waals surface area contributed by atoms with Crippen LogP contribution in [0.25, 0.3) is 0 Å². The van der Waals surface area contributed by atoms with Gasteiger partial charge in [0.05, 0.1) is 5.69 Å². The number of halogens is 1. The minimum atomic E-state index is 0. The van der Waals surface area contributed by atoms with Crippen molar-refractivity contribution in [1.29, 1.82) is 0 Å². The van der Waals surface area contributed by atoms with Crippen LogP contribution in [0.1, 0.15) is 40.2 Å². The van der Waals surface area contributed by atoms with Crippen molar-refractivity contribution in [2.75, 3.05) is 19.6 Å². The van der Waals surface area contributed by atoms with Gasteiger partial charge in [-0.2, -0.15) is 0 Å². The number of rotatable bonds is 4. The molecule has 0 spiro atoms. The number of carbonyl (C=O) groups excluding carboxylic acids is 1. The Morgan fingerprint density at radius 1 is 1.33 bits per heavy atom. The lowest BCUT2D eigenvalue weighted by atomic mass is 9.89. The molecular formula is C18H24ClN3O2. The SMILES string of the molecule is CCc1onc(C)c1C(=O)N1C[C@@H](CN)[C@H](c2ccccc2)C1.Cl. The van der Waals surface area contributed by atoms with Crippen LogP contribution in [0.5, 0.6) is 0 Å². The molecule has 0 saturated carbocycles. The maximum absolute atomic E-state index is 12.9. The van der Waals surface area contributed by atoms with E-state index >= 15 is 0 Å². The zero-order valence-electron chi connectivity index (χ0n) is 14.1. The predicted octanol–water partition coefficient (Wildman–Crippen LogP) is 2.78. The molecule has 0 aliphatic carbocycles. The van der Waals surface area contributed by atoms with E-state index in [9.17, 15) is 4.79 Å². The molecule has 1 saturated heterocycles. The van der Waals surface area contributed by atoms with Crippen LogP contribution in [0.2, 0.25) is 0 Å². The minimum absolute atomic E-state index is 0. The largest absolute Gasteiger partial charge is 0.360 e. The van der Waals surface area contributed by atoms with Crippen molar-refractivity contribution >= 4 is 18.3 Å². The van der Waals surface area contributed by atoms with Gasteiger partial charge in [0, 0.05) is 25.4 Å². The Hall–Kier alpha value is -1.85. The second kappa shape index (κ2) is 7.81. The molecule has 5 nitrogen and oxygen atoms in total. The van der Waals surface area contributed by atoms with Gasteiger partial charge in [-0.05, 0) is 24.9 Å². The number of aromatic nitrogens is 1. The zero-order valence-corrected chi connectivity index (χ0v) is 14.9. The molecule has 2 atom stereocenters. The third kappa shape index (κ3) is 3.32. The van der Waals surface area contributed by atoms with Crippen molar-refractivity contribution in [3.63, 3.8) is 0 Å². The van der Waals surface area contributed by atoms with Crippen LogP contribution in [0.4, 0.5) is 0 Å². The Labute approximate surface area is 148 Å². The normalized spacial score (nSPS) is 20.0. The van der Waals surface area contributed by atoms with Gasteiger partial charge < -0.3 is 15.2 Å². The maximum atomic E-state index is 12.9. The van der Waals surface area contributed by atoms with Gasteiger partial charge in [-0.3, -0.25) is 4.79 Å². The number of nitrogens with two attached hydrogens (primary N) is 1. The lowest BCUT2D eigenvalue weighted by molar-refractivity contribution is 0.0783. The van der Waals surface area contributed by atoms with E-state index in [1.54, 1.807) is 0 Å². The summed E-state index contributed by atoms with van der Waals surface area (Å²) in [6.45, 7) is 5.74. The molecule has 24 heavy (non-hydrogen) atoms. The number of hydrogen-bond acceptors (Lipinski definition) is 4. The lowest BCUT2D eigenvalue weighted by Crippen LogP contribution is -2.30. The second-order valence-electron chi connectivity index (χ2n) is 6.14. The first-order valence-electron chi connectivity index (χ1n) is 8.15. The van der Waals surface area contributed by atoms with Crippen LogP contribution in [0, 0.1) is 12.8 Å². The summed E-state index contributed by atoms with van der Waals surface area (Å²) in [4.78, 5) is 14.8. The van der Waals surface area contributed by atoms with Crippen LogP contribution < -0.4 is 5.73 Å². The molecule has 0 bridgehead atoms. The highest BCUT2D eigenvalue weighted by Crippen LogP contribution is 2.33. The Morgan fingerprint density at radius 2 is 2.04 bits per heavy atom. The highest BCUT2D eigenvalue weighted by Gasteiger charge is 2.37. The molecule has 2 heterocycles. The highest BCUT2D eigenvalue weighted by molar-refractivity contribution is 5.96. The van der Waals surface area contributed by atoms with Crippen LogP contribution in [-0.2, 0) is 6.42 Å². The van der Waals surface area contributed by atoms with Gasteiger partial charge in [0.15, 0.2) is 0 Å². The molecular weight excluding hydrogens is 326 g/mol. The average molecular weight is 350 g/mol. The molecule has 3 rings (SSSR count). The topological polar surface area (TPSA) is 72.4 Å². The fraction of sp³-hybridized carbons (Fsp3) is 0.444. The standard InChI is InChI=1S/C18H23N3O2.ClH/c1-3-16-17(12(2)20-23-16)18(22)21-10-14(9-19)15(11-21)13-7-5-4-6-8-13;/h4-8,14-15H,3,9-11,19H2,1-2H3;1H/t14-,15+;/m1./s1. The Balaban J connectivity index is 0.00000208. The van der Waals surface area contributed by atoms with Crippen LogP contribution >= 0.6 is 12.4 Å². The van der Waals surface area contributed by atoms with E-state index in [0.717, 1.165) is 0 Å². The van der Waals surface area contributed by atoms with Crippen molar-refractivity contribution in [3.05, 3.63) is 52.9 Å². The van der Waals surface area contributed by atoms with Crippen molar-refractivity contribution in [1.82, 2.24) is 10.1 Å². The Bertz CT molecular complexity index is 687. The molecule has 2 aromatic rings. The Kier molecular flexibility index (Phi) is 6.02. The monoisotopic (exact) mass is 349 g/mol. The fourth-order valence-corrected chi connectivity index (χ4v) is 3.44. The molecule has 0 unspecified atom stereocenters. The van der Waals surface area contributed by atoms with Crippen molar-refractivity contribution in [2.24, 2.45) is 11.7 Å². The Morgan fingerprint density at radius 3 is 2.67 bits per heavy atom. The van der Waals surface area contributed by atoms with E-state index in [2.05, 4.69) is 17.3 Å². The number of hydrogen-bond donors (Lipinski definition) is 1. The number of aryl methyl sites for hydroxylation is 2. The first kappa shape index (κ1) is 18.5. The van der Waals surface area contributed by atoms with E-state index < -0.39 is 0 Å². The van der Waals surface area contributed by atoms with Gasteiger partial charge in [-0.25, -0.2) is 0 Å². The van der Waals surface area contributed by atoms with Gasteiger partial charge in [-0.15, -0.1) is 12.4 Å². The summed E-state index contributed by atoms with van der Waals surface area (Å²) in [7, 11) is 0. The number of carbonyl (C=O) groups is 1. The predicted molar refractivity (Wildman–Crippen MR) is 95.5 cm³/mol. The van der Waals surface area contributed by atoms with E-state index in [4.69, 9.17) is 10.3 Å². The average Bonchev–Trinajstić information content (AvgIpc) is 3.18. The smallest absolute Gasteiger partial charge is 0.259 e. The van der Waals surface area contributed by atoms with Crippen molar-refractivity contribution < 1.29 is 9.32 Å². The summed E-state index contributed by atoms with van der Waals surface area (Å²) in [5, 5.41) is 3.95. The summed E-state index contributed by atoms with van der Waals surface area (Å²) in [6, 6.07) is 10.3. The lowest BCUT2D eigenvalue weighted by Gasteiger charge is -2.17. The van der Waals surface area contributed by atoms with E-state index in [-0.39, 0.29) is 30.2 Å². The summed E-state index contributed by atoms with van der Waals surface area (Å²) in [5.74, 6) is 1.25. The van der Waals surface area contributed by atoms with Gasteiger partial charge in [0.1, 0.15) is 11.3 Å². The number of nitrogens with zero attached hydrogens (tertiary/aromatic N) is 2. The zero-order chi connectivity index (χ0) is 16.4. The first-order chi connectivity index (χ1) is 11.2. The van der Waals surface area contributed by atoms with Crippen LogP contribution in [0.15, 0.2) is 34.9 Å². The first-order valence-corrected chi connectivity index (χ1v) is 8.15. The second-order valence-corrected chi connectivity index (χ2v) is 6.14. The molecule has 1 amide bonds. The molecule has 0 radical (unpaired) electrons. The molecule has 1 aromatic carbocycles. The molecule has 1 aliphatic heterocycles. The van der Waals surface area contributed by atoms with E-state index in [0.29, 0.717) is 43.1 Å². The van der Waals surface area contributed by atoms with Gasteiger partial charge in [-0.1, -0.05) is 42.4 Å². The van der Waals surface area contributed by atoms with E-state index in [1.807, 2.05) is 36.9 Å². The van der Waals surface area contributed by atoms with Gasteiger partial charge in [0.2, 0.25) is 0 Å². The molecule has 130 valence electrons. The minimum Gasteiger partial charge on any atom is -0.360 e. The number of amides is 1. The number of benzene rings is 1. The summed E-state index contributed by atoms with van der Waals surface area (Å²) in [5.41, 5.74) is 8.49. The fourth-order valence-electron chi connectivity index (χ4n) is 3.44. The van der Waals surface area contributed by atoms with Crippen molar-refractivity contribution in [2.45, 2.75) is 26.2 Å². The number of likely N-dealkylation sites (tertiary alicyclic amines) is 1. The summed E-state index contributed by atoms with van der Waals surface area (Å²) < 4.78 is 5.27. The molecule has 2 N–H and O–H groups in total. The molecule has 1 aromatic heterocycles. The van der Waals surface area contributed by atoms with Crippen LogP contribution in [0.3, 0.4) is 0 Å². The van der Waals surface area contributed by atoms with Crippen molar-refractivity contribution in [3.8, 4) is 0 Å². The van der Waals surface area contributed by atoms with Gasteiger partial charge >= 0.3 is 0 Å². The third-order valence-electron chi connectivity index (χ3n) is 4.73. The maximum Gasteiger partial charge on any atom is 0.259 e. The van der Waals surface area contributed by atoms with E-state index in [1.165, 1.54) is 5.56 Å². The van der Waals surface area contributed by atoms with Gasteiger partial charge in [0.25, 0.3) is 5.91 Å².